The minimum atomic E-state index is -0.440. The number of carbonyl (C=O) groups excluding carboxylic acids is 1. The normalized spacial score (nSPS) is 27.4. The number of aromatic nitrogens is 2. The van der Waals surface area contributed by atoms with Gasteiger partial charge in [-0.25, -0.2) is 9.97 Å². The van der Waals surface area contributed by atoms with Gasteiger partial charge in [-0.3, -0.25) is 4.79 Å². The maximum atomic E-state index is 11.7. The van der Waals surface area contributed by atoms with Crippen molar-refractivity contribution in [2.75, 3.05) is 5.32 Å². The molecule has 2 heterocycles. The van der Waals surface area contributed by atoms with E-state index >= 15 is 0 Å². The molecular weight excluding hydrogens is 230 g/mol. The molecule has 2 atom stereocenters. The second-order valence-electron chi connectivity index (χ2n) is 3.99. The lowest BCUT2D eigenvalue weighted by Crippen LogP contribution is -2.49. The summed E-state index contributed by atoms with van der Waals surface area (Å²) in [5, 5.41) is 3.43. The van der Waals surface area contributed by atoms with E-state index in [1.807, 2.05) is 0 Å². The van der Waals surface area contributed by atoms with Crippen molar-refractivity contribution in [3.05, 3.63) is 11.5 Å². The number of ether oxygens (including phenoxy) is 1. The van der Waals surface area contributed by atoms with E-state index in [1.165, 1.54) is 6.33 Å². The summed E-state index contributed by atoms with van der Waals surface area (Å²) in [5.41, 5.74) is 0. The fraction of sp³-hybridized carbons (Fsp3) is 0.500. The summed E-state index contributed by atoms with van der Waals surface area (Å²) in [6.07, 6.45) is 3.32. The first-order chi connectivity index (χ1) is 7.75. The third-order valence-electron chi connectivity index (χ3n) is 2.95. The number of halogens is 1. The van der Waals surface area contributed by atoms with Crippen molar-refractivity contribution in [1.29, 1.82) is 0 Å². The predicted octanol–water partition coefficient (Wildman–Crippen LogP) is 1.42. The minimum absolute atomic E-state index is 0.0136. The first kappa shape index (κ1) is 9.84. The second kappa shape index (κ2) is 3.59. The van der Waals surface area contributed by atoms with Crippen molar-refractivity contribution < 1.29 is 9.53 Å². The van der Waals surface area contributed by atoms with Crippen LogP contribution >= 0.6 is 11.6 Å². The number of nitrogens with one attached hydrogen (secondary N) is 1. The zero-order valence-electron chi connectivity index (χ0n) is 8.44. The Balaban J connectivity index is 1.99. The highest BCUT2D eigenvalue weighted by molar-refractivity contribution is 6.31. The van der Waals surface area contributed by atoms with Crippen LogP contribution in [0.5, 0.6) is 5.75 Å². The van der Waals surface area contributed by atoms with E-state index in [0.29, 0.717) is 18.0 Å². The monoisotopic (exact) mass is 239 g/mol. The number of ketones is 1. The van der Waals surface area contributed by atoms with Crippen molar-refractivity contribution in [1.82, 2.24) is 9.97 Å². The average molecular weight is 240 g/mol. The number of rotatable bonds is 0. The molecule has 2 aliphatic rings. The number of hydrogen-bond acceptors (Lipinski definition) is 5. The molecule has 1 saturated carbocycles. The summed E-state index contributed by atoms with van der Waals surface area (Å²) in [4.78, 5) is 19.6. The molecule has 0 bridgehead atoms. The Morgan fingerprint density at radius 3 is 3.25 bits per heavy atom. The molecule has 6 heteroatoms. The van der Waals surface area contributed by atoms with E-state index in [9.17, 15) is 4.79 Å². The van der Waals surface area contributed by atoms with E-state index in [4.69, 9.17) is 16.3 Å². The molecule has 84 valence electrons. The van der Waals surface area contributed by atoms with Crippen LogP contribution in [0.3, 0.4) is 0 Å². The minimum Gasteiger partial charge on any atom is -0.473 e. The van der Waals surface area contributed by atoms with Gasteiger partial charge in [-0.1, -0.05) is 11.6 Å². The number of nitrogens with zero attached hydrogens (tertiary/aromatic N) is 2. The van der Waals surface area contributed by atoms with Gasteiger partial charge in [0, 0.05) is 6.42 Å². The number of carbonyl (C=O) groups is 1. The van der Waals surface area contributed by atoms with Gasteiger partial charge >= 0.3 is 0 Å². The largest absolute Gasteiger partial charge is 0.473 e. The van der Waals surface area contributed by atoms with Crippen LogP contribution in [0.4, 0.5) is 5.82 Å². The first-order valence-electron chi connectivity index (χ1n) is 5.22. The van der Waals surface area contributed by atoms with Crippen LogP contribution in [0.1, 0.15) is 19.3 Å². The smallest absolute Gasteiger partial charge is 0.200 e. The molecule has 0 amide bonds. The summed E-state index contributed by atoms with van der Waals surface area (Å²) in [6.45, 7) is 0. The van der Waals surface area contributed by atoms with Gasteiger partial charge in [0.2, 0.25) is 0 Å². The van der Waals surface area contributed by atoms with Gasteiger partial charge in [-0.05, 0) is 12.8 Å². The Morgan fingerprint density at radius 1 is 1.50 bits per heavy atom. The fourth-order valence-electron chi connectivity index (χ4n) is 2.17. The number of fused-ring (bicyclic) bond motifs is 2. The van der Waals surface area contributed by atoms with Crippen LogP contribution in [-0.4, -0.2) is 27.9 Å². The Hall–Kier alpha value is -1.36. The summed E-state index contributed by atoms with van der Waals surface area (Å²) in [5.74, 6) is 1.09. The van der Waals surface area contributed by atoms with Gasteiger partial charge in [-0.15, -0.1) is 0 Å². The molecule has 0 spiro atoms. The SMILES string of the molecule is O=C1CCC[C@H]2Nc3ncnc(Cl)c3O[C@@H]12. The van der Waals surface area contributed by atoms with Gasteiger partial charge in [0.15, 0.2) is 28.6 Å². The van der Waals surface area contributed by atoms with Crippen molar-refractivity contribution in [2.45, 2.75) is 31.4 Å². The molecule has 0 aromatic carbocycles. The Morgan fingerprint density at radius 2 is 2.38 bits per heavy atom. The Bertz CT molecular complexity index is 452. The molecule has 5 nitrogen and oxygen atoms in total. The summed E-state index contributed by atoms with van der Waals surface area (Å²) in [7, 11) is 0. The molecular formula is C10H10ClN3O2. The van der Waals surface area contributed by atoms with E-state index in [-0.39, 0.29) is 17.0 Å². The Labute approximate surface area is 97.2 Å². The first-order valence-corrected chi connectivity index (χ1v) is 5.60. The Kier molecular flexibility index (Phi) is 2.21. The lowest BCUT2D eigenvalue weighted by molar-refractivity contribution is -0.128. The third kappa shape index (κ3) is 1.43. The van der Waals surface area contributed by atoms with Gasteiger partial charge in [0.05, 0.1) is 6.04 Å². The van der Waals surface area contributed by atoms with Crippen molar-refractivity contribution in [3.8, 4) is 5.75 Å². The standard InChI is InChI=1S/C10H10ClN3O2/c11-9-8-10(13-4-12-9)14-5-2-1-3-6(15)7(5)16-8/h4-5,7H,1-3H2,(H,12,13,14)/t5-,7-/m1/s1. The van der Waals surface area contributed by atoms with Crippen LogP contribution in [0.2, 0.25) is 5.15 Å². The highest BCUT2D eigenvalue weighted by Gasteiger charge is 2.38. The van der Waals surface area contributed by atoms with Crippen molar-refractivity contribution in [3.63, 3.8) is 0 Å². The molecule has 16 heavy (non-hydrogen) atoms. The van der Waals surface area contributed by atoms with E-state index < -0.39 is 6.10 Å². The zero-order chi connectivity index (χ0) is 11.1. The van der Waals surface area contributed by atoms with Crippen molar-refractivity contribution >= 4 is 23.2 Å². The van der Waals surface area contributed by atoms with Crippen molar-refractivity contribution in [2.24, 2.45) is 0 Å². The van der Waals surface area contributed by atoms with Crippen LogP contribution < -0.4 is 10.1 Å². The lowest BCUT2D eigenvalue weighted by atomic mass is 9.90. The number of Topliss-reactive ketones (excluding diaryl/α,β-unsaturated/α-hetero) is 1. The van der Waals surface area contributed by atoms with E-state index in [0.717, 1.165) is 12.8 Å². The summed E-state index contributed by atoms with van der Waals surface area (Å²) >= 11 is 5.89. The van der Waals surface area contributed by atoms with Crippen LogP contribution in [0, 0.1) is 0 Å². The van der Waals surface area contributed by atoms with Gasteiger partial charge in [0.1, 0.15) is 6.33 Å². The van der Waals surface area contributed by atoms with Crippen LogP contribution in [0.25, 0.3) is 0 Å². The summed E-state index contributed by atoms with van der Waals surface area (Å²) in [6, 6.07) is 0.0136. The fourth-order valence-corrected chi connectivity index (χ4v) is 2.35. The molecule has 1 N–H and O–H groups in total. The molecule has 0 saturated heterocycles. The highest BCUT2D eigenvalue weighted by atomic mass is 35.5. The topological polar surface area (TPSA) is 64.1 Å². The molecule has 0 unspecified atom stereocenters. The van der Waals surface area contributed by atoms with E-state index in [1.54, 1.807) is 0 Å². The average Bonchev–Trinajstić information content (AvgIpc) is 2.28. The van der Waals surface area contributed by atoms with Gasteiger partial charge < -0.3 is 10.1 Å². The van der Waals surface area contributed by atoms with Gasteiger partial charge in [-0.2, -0.15) is 0 Å². The molecule has 3 rings (SSSR count). The highest BCUT2D eigenvalue weighted by Crippen LogP contribution is 2.37. The summed E-state index contributed by atoms with van der Waals surface area (Å²) < 4.78 is 5.61. The molecule has 1 fully saturated rings. The second-order valence-corrected chi connectivity index (χ2v) is 4.35. The predicted molar refractivity (Wildman–Crippen MR) is 57.7 cm³/mol. The quantitative estimate of drug-likeness (QED) is 0.694. The zero-order valence-corrected chi connectivity index (χ0v) is 9.20. The lowest BCUT2D eigenvalue weighted by Gasteiger charge is -2.36. The number of hydrogen-bond donors (Lipinski definition) is 1. The van der Waals surface area contributed by atoms with Gasteiger partial charge in [0.25, 0.3) is 0 Å². The number of anilines is 1. The molecule has 1 aliphatic carbocycles. The molecule has 1 aromatic rings. The maximum absolute atomic E-state index is 11.7. The maximum Gasteiger partial charge on any atom is 0.200 e. The molecule has 1 aromatic heterocycles. The van der Waals surface area contributed by atoms with Crippen LogP contribution in [0.15, 0.2) is 6.33 Å². The molecule has 0 radical (unpaired) electrons. The van der Waals surface area contributed by atoms with Crippen LogP contribution in [-0.2, 0) is 4.79 Å². The molecule has 1 aliphatic heterocycles. The van der Waals surface area contributed by atoms with E-state index in [2.05, 4.69) is 15.3 Å². The third-order valence-corrected chi connectivity index (χ3v) is 3.22.